The average molecular weight is 546 g/mol. The van der Waals surface area contributed by atoms with E-state index in [1.165, 1.54) is 23.5 Å². The van der Waals surface area contributed by atoms with Crippen molar-refractivity contribution in [3.05, 3.63) is 34.1 Å². The van der Waals surface area contributed by atoms with E-state index >= 15 is 0 Å². The summed E-state index contributed by atoms with van der Waals surface area (Å²) in [5.74, 6) is -0.632. The molecule has 1 aliphatic carbocycles. The van der Waals surface area contributed by atoms with Gasteiger partial charge in [0.15, 0.2) is 0 Å². The standard InChI is InChI=1S/C26H35N5O6S/c1-30(2)24-21(22(27)16-7-5-4-6-8-16)25(32)29-23(28-24)19-10-9-18(15-20(19)37-3)38(35,36)31-13-11-17(12-14-31)26(33)34/h9-10,15-17,27H,4-8,11-14H2,1-3H3,(H,33,34)(H,28,29,32). The van der Waals surface area contributed by atoms with E-state index in [1.807, 2.05) is 0 Å². The summed E-state index contributed by atoms with van der Waals surface area (Å²) in [6, 6.07) is 4.37. The maximum absolute atomic E-state index is 13.3. The minimum Gasteiger partial charge on any atom is -0.496 e. The highest BCUT2D eigenvalue weighted by atomic mass is 32.2. The van der Waals surface area contributed by atoms with Crippen LogP contribution in [-0.4, -0.2) is 73.8 Å². The predicted octanol–water partition coefficient (Wildman–Crippen LogP) is 2.94. The zero-order chi connectivity index (χ0) is 27.6. The molecule has 3 N–H and O–H groups in total. The molecule has 0 radical (unpaired) electrons. The molecule has 0 atom stereocenters. The SMILES string of the molecule is COc1cc(S(=O)(=O)N2CCC(C(=O)O)CC2)ccc1-c1nc(N(C)C)c(C(=N)C2CCCCC2)c(=O)[nH]1. The molecule has 2 aliphatic rings. The monoisotopic (exact) mass is 545 g/mol. The number of rotatable bonds is 8. The molecule has 11 nitrogen and oxygen atoms in total. The van der Waals surface area contributed by atoms with Crippen LogP contribution >= 0.6 is 0 Å². The molecule has 206 valence electrons. The lowest BCUT2D eigenvalue weighted by Crippen LogP contribution is -2.40. The van der Waals surface area contributed by atoms with E-state index in [9.17, 15) is 23.1 Å². The molecule has 1 aliphatic heterocycles. The molecular weight excluding hydrogens is 510 g/mol. The molecule has 2 fully saturated rings. The van der Waals surface area contributed by atoms with Gasteiger partial charge in [-0.05, 0) is 37.8 Å². The molecule has 0 amide bonds. The number of carboxylic acids is 1. The van der Waals surface area contributed by atoms with Crippen molar-refractivity contribution in [2.24, 2.45) is 11.8 Å². The second kappa shape index (κ2) is 11.2. The summed E-state index contributed by atoms with van der Waals surface area (Å²) in [4.78, 5) is 33.7. The van der Waals surface area contributed by atoms with Crippen LogP contribution in [0.25, 0.3) is 11.4 Å². The van der Waals surface area contributed by atoms with Crippen LogP contribution in [0.15, 0.2) is 27.9 Å². The van der Waals surface area contributed by atoms with Gasteiger partial charge in [-0.2, -0.15) is 4.31 Å². The van der Waals surface area contributed by atoms with Gasteiger partial charge in [0.25, 0.3) is 5.56 Å². The van der Waals surface area contributed by atoms with Crippen LogP contribution in [0.1, 0.15) is 50.5 Å². The molecule has 1 aromatic heterocycles. The largest absolute Gasteiger partial charge is 0.496 e. The van der Waals surface area contributed by atoms with Crippen molar-refractivity contribution in [3.63, 3.8) is 0 Å². The van der Waals surface area contributed by atoms with E-state index in [1.54, 1.807) is 25.1 Å². The third-order valence-electron chi connectivity index (χ3n) is 7.48. The Labute approximate surface area is 222 Å². The van der Waals surface area contributed by atoms with Gasteiger partial charge >= 0.3 is 5.97 Å². The van der Waals surface area contributed by atoms with E-state index < -0.39 is 27.5 Å². The number of carbonyl (C=O) groups is 1. The molecule has 1 saturated carbocycles. The van der Waals surface area contributed by atoms with Gasteiger partial charge in [-0.3, -0.25) is 9.59 Å². The van der Waals surface area contributed by atoms with Crippen molar-refractivity contribution in [2.45, 2.75) is 49.8 Å². The lowest BCUT2D eigenvalue weighted by molar-refractivity contribution is -0.142. The third-order valence-corrected chi connectivity index (χ3v) is 9.37. The van der Waals surface area contributed by atoms with Gasteiger partial charge in [-0.25, -0.2) is 13.4 Å². The van der Waals surface area contributed by atoms with Crippen molar-refractivity contribution in [1.82, 2.24) is 14.3 Å². The number of aliphatic carboxylic acids is 1. The Hall–Kier alpha value is -3.25. The van der Waals surface area contributed by atoms with Crippen LogP contribution in [0.5, 0.6) is 5.75 Å². The number of ether oxygens (including phenoxy) is 1. The number of H-pyrrole nitrogens is 1. The highest BCUT2D eigenvalue weighted by molar-refractivity contribution is 7.89. The maximum atomic E-state index is 13.3. The molecule has 12 heteroatoms. The van der Waals surface area contributed by atoms with Crippen LogP contribution in [0.4, 0.5) is 5.82 Å². The van der Waals surface area contributed by atoms with E-state index in [2.05, 4.69) is 9.97 Å². The number of sulfonamides is 1. The zero-order valence-corrected chi connectivity index (χ0v) is 22.8. The molecular formula is C26H35N5O6S. The topological polar surface area (TPSA) is 157 Å². The molecule has 1 aromatic carbocycles. The molecule has 0 unspecified atom stereocenters. The average Bonchev–Trinajstić information content (AvgIpc) is 2.92. The Morgan fingerprint density at radius 1 is 1.13 bits per heavy atom. The molecule has 38 heavy (non-hydrogen) atoms. The first-order valence-corrected chi connectivity index (χ1v) is 14.3. The number of benzene rings is 1. The number of nitrogens with one attached hydrogen (secondary N) is 2. The lowest BCUT2D eigenvalue weighted by Gasteiger charge is -2.29. The van der Waals surface area contributed by atoms with Crippen molar-refractivity contribution < 1.29 is 23.1 Å². The van der Waals surface area contributed by atoms with Crippen LogP contribution in [0.2, 0.25) is 0 Å². The number of methoxy groups -OCH3 is 1. The number of hydrogen-bond donors (Lipinski definition) is 3. The molecule has 0 bridgehead atoms. The first kappa shape index (κ1) is 27.8. The molecule has 2 heterocycles. The van der Waals surface area contributed by atoms with Crippen molar-refractivity contribution >= 4 is 27.5 Å². The number of nitrogens with zero attached hydrogens (tertiary/aromatic N) is 3. The number of hydrogen-bond acceptors (Lipinski definition) is 8. The van der Waals surface area contributed by atoms with E-state index in [4.69, 9.17) is 10.1 Å². The van der Waals surface area contributed by atoms with Gasteiger partial charge in [-0.1, -0.05) is 19.3 Å². The van der Waals surface area contributed by atoms with Crippen molar-refractivity contribution in [3.8, 4) is 17.1 Å². The van der Waals surface area contributed by atoms with Crippen LogP contribution in [0.3, 0.4) is 0 Å². The molecule has 4 rings (SSSR count). The molecule has 2 aromatic rings. The second-order valence-electron chi connectivity index (χ2n) is 10.1. The number of piperidine rings is 1. The fraction of sp³-hybridized carbons (Fsp3) is 0.538. The summed E-state index contributed by atoms with van der Waals surface area (Å²) in [7, 11) is 1.07. The van der Waals surface area contributed by atoms with Crippen molar-refractivity contribution in [2.75, 3.05) is 39.2 Å². The summed E-state index contributed by atoms with van der Waals surface area (Å²) in [5, 5.41) is 18.0. The van der Waals surface area contributed by atoms with Crippen molar-refractivity contribution in [1.29, 1.82) is 5.41 Å². The Morgan fingerprint density at radius 2 is 1.79 bits per heavy atom. The van der Waals surface area contributed by atoms with E-state index in [0.717, 1.165) is 32.1 Å². The highest BCUT2D eigenvalue weighted by Crippen LogP contribution is 2.34. The number of aromatic amines is 1. The minimum atomic E-state index is -3.87. The van der Waals surface area contributed by atoms with Gasteiger partial charge in [0.1, 0.15) is 23.0 Å². The fourth-order valence-corrected chi connectivity index (χ4v) is 6.76. The van der Waals surface area contributed by atoms with Crippen LogP contribution in [-0.2, 0) is 14.8 Å². The summed E-state index contributed by atoms with van der Waals surface area (Å²) >= 11 is 0. The number of anilines is 1. The van der Waals surface area contributed by atoms with Gasteiger partial charge < -0.3 is 25.1 Å². The lowest BCUT2D eigenvalue weighted by atomic mass is 9.83. The normalized spacial score (nSPS) is 17.8. The van der Waals surface area contributed by atoms with Gasteiger partial charge in [0, 0.05) is 39.2 Å². The summed E-state index contributed by atoms with van der Waals surface area (Å²) < 4.78 is 33.3. The Kier molecular flexibility index (Phi) is 8.22. The second-order valence-corrected chi connectivity index (χ2v) is 12.1. The predicted molar refractivity (Wildman–Crippen MR) is 144 cm³/mol. The number of carboxylic acid groups (broad SMARTS) is 1. The quantitative estimate of drug-likeness (QED) is 0.427. The fourth-order valence-electron chi connectivity index (χ4n) is 5.27. The maximum Gasteiger partial charge on any atom is 0.306 e. The summed E-state index contributed by atoms with van der Waals surface area (Å²) in [6.07, 6.45) is 5.49. The van der Waals surface area contributed by atoms with Gasteiger partial charge in [-0.15, -0.1) is 0 Å². The van der Waals surface area contributed by atoms with E-state index in [0.29, 0.717) is 17.1 Å². The first-order chi connectivity index (χ1) is 18.0. The Morgan fingerprint density at radius 3 is 2.37 bits per heavy atom. The molecule has 0 spiro atoms. The zero-order valence-electron chi connectivity index (χ0n) is 22.0. The first-order valence-electron chi connectivity index (χ1n) is 12.9. The Balaban J connectivity index is 1.68. The summed E-state index contributed by atoms with van der Waals surface area (Å²) in [5.41, 5.74) is 0.545. The summed E-state index contributed by atoms with van der Waals surface area (Å²) in [6.45, 7) is 0.248. The molecule has 1 saturated heterocycles. The van der Waals surface area contributed by atoms with Gasteiger partial charge in [0.2, 0.25) is 10.0 Å². The minimum absolute atomic E-state index is 0.0118. The smallest absolute Gasteiger partial charge is 0.306 e. The Bertz CT molecular complexity index is 1370. The highest BCUT2D eigenvalue weighted by Gasteiger charge is 2.33. The van der Waals surface area contributed by atoms with Crippen LogP contribution < -0.4 is 15.2 Å². The van der Waals surface area contributed by atoms with E-state index in [-0.39, 0.29) is 53.9 Å². The van der Waals surface area contributed by atoms with Crippen LogP contribution in [0, 0.1) is 17.2 Å². The third kappa shape index (κ3) is 5.46. The van der Waals surface area contributed by atoms with Gasteiger partial charge in [0.05, 0.1) is 29.2 Å². The number of aromatic nitrogens is 2.